The van der Waals surface area contributed by atoms with Crippen molar-refractivity contribution in [3.05, 3.63) is 42.4 Å². The molecule has 1 aliphatic heterocycles. The molecular formula is C22H25N7O3. The van der Waals surface area contributed by atoms with E-state index in [1.54, 1.807) is 24.9 Å². The molecule has 0 aliphatic carbocycles. The molecular weight excluding hydrogens is 410 g/mol. The van der Waals surface area contributed by atoms with Crippen molar-refractivity contribution < 1.29 is 14.3 Å². The van der Waals surface area contributed by atoms with Crippen molar-refractivity contribution >= 4 is 28.4 Å². The van der Waals surface area contributed by atoms with E-state index in [0.29, 0.717) is 24.4 Å². The van der Waals surface area contributed by atoms with Crippen LogP contribution in [0.2, 0.25) is 0 Å². The minimum Gasteiger partial charge on any atom is -0.379 e. The summed E-state index contributed by atoms with van der Waals surface area (Å²) in [6.45, 7) is 1.22. The molecule has 1 saturated heterocycles. The second kappa shape index (κ2) is 8.21. The van der Waals surface area contributed by atoms with Crippen LogP contribution in [0.3, 0.4) is 0 Å². The van der Waals surface area contributed by atoms with Gasteiger partial charge in [-0.3, -0.25) is 4.79 Å². The number of ether oxygens (including phenoxy) is 2. The standard InChI is InChI=1S/C22H25N7O3/c1-23-19-9-16(27-21-14(22(30)24-2)10-26-29(19)21)15-11-28(20-13(15)5-4-7-25-20)17-6-8-32-12-18(17)31-3/h4-5,7,9-11,17-18,23H,6,8,12H2,1-3H3,(H,24,30)/t17-,18+/m1/s1. The highest BCUT2D eigenvalue weighted by molar-refractivity contribution is 6.00. The lowest BCUT2D eigenvalue weighted by Crippen LogP contribution is -2.35. The number of hydrogen-bond acceptors (Lipinski definition) is 7. The fourth-order valence-electron chi connectivity index (χ4n) is 4.36. The summed E-state index contributed by atoms with van der Waals surface area (Å²) in [6.07, 6.45) is 6.17. The van der Waals surface area contributed by atoms with Crippen LogP contribution in [0.15, 0.2) is 36.8 Å². The zero-order valence-electron chi connectivity index (χ0n) is 18.2. The van der Waals surface area contributed by atoms with Crippen molar-refractivity contribution in [2.45, 2.75) is 18.6 Å². The summed E-state index contributed by atoms with van der Waals surface area (Å²) >= 11 is 0. The van der Waals surface area contributed by atoms with Crippen molar-refractivity contribution in [1.82, 2.24) is 29.5 Å². The maximum Gasteiger partial charge on any atom is 0.256 e. The third kappa shape index (κ3) is 3.19. The molecule has 10 nitrogen and oxygen atoms in total. The van der Waals surface area contributed by atoms with E-state index >= 15 is 0 Å². The van der Waals surface area contributed by atoms with E-state index in [1.807, 2.05) is 25.2 Å². The zero-order valence-corrected chi connectivity index (χ0v) is 18.2. The first-order valence-corrected chi connectivity index (χ1v) is 10.5. The van der Waals surface area contributed by atoms with Gasteiger partial charge in [0, 0.05) is 57.2 Å². The predicted octanol–water partition coefficient (Wildman–Crippen LogP) is 2.12. The molecule has 0 saturated carbocycles. The third-order valence-electron chi connectivity index (χ3n) is 5.99. The SMILES string of the molecule is CNC(=O)c1cnn2c(NC)cc(-c3cn([C@@H]4CCOC[C@@H]4OC)c4ncccc34)nc12. The van der Waals surface area contributed by atoms with E-state index < -0.39 is 0 Å². The molecule has 0 bridgehead atoms. The maximum atomic E-state index is 12.4. The molecule has 2 atom stereocenters. The van der Waals surface area contributed by atoms with Crippen LogP contribution in [0.4, 0.5) is 5.82 Å². The first kappa shape index (κ1) is 20.4. The van der Waals surface area contributed by atoms with Crippen LogP contribution in [0.5, 0.6) is 0 Å². The summed E-state index contributed by atoms with van der Waals surface area (Å²) in [6, 6.07) is 5.98. The summed E-state index contributed by atoms with van der Waals surface area (Å²) in [5, 5.41) is 11.1. The van der Waals surface area contributed by atoms with Gasteiger partial charge in [-0.05, 0) is 18.6 Å². The Morgan fingerprint density at radius 3 is 2.97 bits per heavy atom. The fraction of sp³-hybridized carbons (Fsp3) is 0.364. The Morgan fingerprint density at radius 1 is 1.31 bits per heavy atom. The molecule has 166 valence electrons. The van der Waals surface area contributed by atoms with Gasteiger partial charge < -0.3 is 24.7 Å². The molecule has 0 aromatic carbocycles. The van der Waals surface area contributed by atoms with E-state index in [0.717, 1.165) is 34.5 Å². The number of hydrogen-bond donors (Lipinski definition) is 2. The van der Waals surface area contributed by atoms with E-state index in [1.165, 1.54) is 6.20 Å². The van der Waals surface area contributed by atoms with Gasteiger partial charge in [-0.25, -0.2) is 9.97 Å². The lowest BCUT2D eigenvalue weighted by molar-refractivity contribution is -0.0592. The summed E-state index contributed by atoms with van der Waals surface area (Å²) in [7, 11) is 5.12. The lowest BCUT2D eigenvalue weighted by Gasteiger charge is -2.31. The summed E-state index contributed by atoms with van der Waals surface area (Å²) in [5.74, 6) is 0.492. The number of rotatable bonds is 5. The average Bonchev–Trinajstić information content (AvgIpc) is 3.45. The predicted molar refractivity (Wildman–Crippen MR) is 120 cm³/mol. The van der Waals surface area contributed by atoms with Gasteiger partial charge in [0.25, 0.3) is 5.91 Å². The number of nitrogens with one attached hydrogen (secondary N) is 2. The number of methoxy groups -OCH3 is 1. The summed E-state index contributed by atoms with van der Waals surface area (Å²) in [4.78, 5) is 21.9. The van der Waals surface area contributed by atoms with Gasteiger partial charge in [0.1, 0.15) is 23.1 Å². The Morgan fingerprint density at radius 2 is 2.19 bits per heavy atom. The van der Waals surface area contributed by atoms with Crippen molar-refractivity contribution in [3.63, 3.8) is 0 Å². The molecule has 32 heavy (non-hydrogen) atoms. The quantitative estimate of drug-likeness (QED) is 0.494. The largest absolute Gasteiger partial charge is 0.379 e. The van der Waals surface area contributed by atoms with Crippen molar-refractivity contribution in [2.75, 3.05) is 39.7 Å². The highest BCUT2D eigenvalue weighted by Gasteiger charge is 2.29. The Hall–Kier alpha value is -3.50. The van der Waals surface area contributed by atoms with E-state index in [-0.39, 0.29) is 18.1 Å². The molecule has 1 amide bonds. The van der Waals surface area contributed by atoms with Crippen molar-refractivity contribution in [2.24, 2.45) is 0 Å². The van der Waals surface area contributed by atoms with Gasteiger partial charge in [-0.15, -0.1) is 0 Å². The molecule has 2 N–H and O–H groups in total. The normalized spacial score (nSPS) is 18.8. The van der Waals surface area contributed by atoms with Gasteiger partial charge in [0.2, 0.25) is 0 Å². The number of anilines is 1. The zero-order chi connectivity index (χ0) is 22.2. The Kier molecular flexibility index (Phi) is 5.24. The minimum atomic E-state index is -0.235. The average molecular weight is 435 g/mol. The highest BCUT2D eigenvalue weighted by Crippen LogP contribution is 2.35. The second-order valence-corrected chi connectivity index (χ2v) is 7.68. The van der Waals surface area contributed by atoms with Crippen molar-refractivity contribution in [1.29, 1.82) is 0 Å². The lowest BCUT2D eigenvalue weighted by atomic mass is 10.1. The summed E-state index contributed by atoms with van der Waals surface area (Å²) in [5.41, 5.74) is 3.42. The van der Waals surface area contributed by atoms with Crippen LogP contribution >= 0.6 is 0 Å². The van der Waals surface area contributed by atoms with Crippen LogP contribution in [0.25, 0.3) is 27.9 Å². The molecule has 1 fully saturated rings. The number of fused-ring (bicyclic) bond motifs is 2. The molecule has 0 spiro atoms. The number of aromatic nitrogens is 5. The molecule has 0 radical (unpaired) electrons. The summed E-state index contributed by atoms with van der Waals surface area (Å²) < 4.78 is 15.1. The monoisotopic (exact) mass is 435 g/mol. The molecule has 4 aromatic rings. The number of carbonyl (C=O) groups is 1. The number of carbonyl (C=O) groups excluding carboxylic acids is 1. The van der Waals surface area contributed by atoms with Gasteiger partial charge >= 0.3 is 0 Å². The molecule has 5 rings (SSSR count). The molecule has 1 aliphatic rings. The topological polar surface area (TPSA) is 108 Å². The van der Waals surface area contributed by atoms with Crippen LogP contribution in [-0.2, 0) is 9.47 Å². The maximum absolute atomic E-state index is 12.4. The van der Waals surface area contributed by atoms with Crippen LogP contribution in [0, 0.1) is 0 Å². The third-order valence-corrected chi connectivity index (χ3v) is 5.99. The van der Waals surface area contributed by atoms with Crippen LogP contribution in [-0.4, -0.2) is 70.6 Å². The molecule has 0 unspecified atom stereocenters. The van der Waals surface area contributed by atoms with Gasteiger partial charge in [0.15, 0.2) is 5.65 Å². The van der Waals surface area contributed by atoms with Gasteiger partial charge in [-0.1, -0.05) is 0 Å². The second-order valence-electron chi connectivity index (χ2n) is 7.68. The van der Waals surface area contributed by atoms with Gasteiger partial charge in [0.05, 0.1) is 24.5 Å². The first-order chi connectivity index (χ1) is 15.7. The Bertz CT molecular complexity index is 1300. The number of amides is 1. The molecule has 10 heteroatoms. The number of pyridine rings is 1. The Balaban J connectivity index is 1.72. The van der Waals surface area contributed by atoms with E-state index in [4.69, 9.17) is 14.5 Å². The highest BCUT2D eigenvalue weighted by atomic mass is 16.5. The minimum absolute atomic E-state index is 0.0628. The van der Waals surface area contributed by atoms with E-state index in [9.17, 15) is 4.79 Å². The van der Waals surface area contributed by atoms with Crippen LogP contribution in [0.1, 0.15) is 22.8 Å². The van der Waals surface area contributed by atoms with Crippen molar-refractivity contribution in [3.8, 4) is 11.3 Å². The number of nitrogens with zero attached hydrogens (tertiary/aromatic N) is 5. The van der Waals surface area contributed by atoms with E-state index in [2.05, 4.69) is 31.5 Å². The fourth-order valence-corrected chi connectivity index (χ4v) is 4.36. The Labute approximate surface area is 184 Å². The van der Waals surface area contributed by atoms with Crippen LogP contribution < -0.4 is 10.6 Å². The molecule has 4 aromatic heterocycles. The first-order valence-electron chi connectivity index (χ1n) is 10.5. The molecule has 5 heterocycles. The van der Waals surface area contributed by atoms with Gasteiger partial charge in [-0.2, -0.15) is 9.61 Å². The smallest absolute Gasteiger partial charge is 0.256 e.